The Morgan fingerprint density at radius 3 is 2.27 bits per heavy atom. The number of fused-ring (bicyclic) bond motifs is 3. The van der Waals surface area contributed by atoms with Crippen molar-refractivity contribution in [3.05, 3.63) is 72.3 Å². The summed E-state index contributed by atoms with van der Waals surface area (Å²) in [5.41, 5.74) is 4.46. The molecule has 174 valence electrons. The molecule has 1 unspecified atom stereocenters. The van der Waals surface area contributed by atoms with E-state index in [1.807, 2.05) is 36.4 Å². The van der Waals surface area contributed by atoms with Gasteiger partial charge in [0.2, 0.25) is 0 Å². The smallest absolute Gasteiger partial charge is 0.408 e. The molecule has 0 saturated carbocycles. The lowest BCUT2D eigenvalue weighted by atomic mass is 9.98. The van der Waals surface area contributed by atoms with Crippen LogP contribution in [-0.2, 0) is 19.0 Å². The van der Waals surface area contributed by atoms with E-state index in [-0.39, 0.29) is 30.8 Å². The van der Waals surface area contributed by atoms with Crippen LogP contribution in [0.3, 0.4) is 0 Å². The first kappa shape index (κ1) is 24.2. The van der Waals surface area contributed by atoms with E-state index in [0.29, 0.717) is 0 Å². The fourth-order valence-corrected chi connectivity index (χ4v) is 4.36. The van der Waals surface area contributed by atoms with Gasteiger partial charge in [0.25, 0.3) is 0 Å². The van der Waals surface area contributed by atoms with Crippen molar-refractivity contribution < 1.29 is 28.6 Å². The van der Waals surface area contributed by atoms with Crippen LogP contribution < -0.4 is 10.6 Å². The van der Waals surface area contributed by atoms with Gasteiger partial charge in [-0.1, -0.05) is 61.2 Å². The number of amides is 2. The first-order valence-corrected chi connectivity index (χ1v) is 11.5. The molecule has 0 saturated heterocycles. The van der Waals surface area contributed by atoms with E-state index in [9.17, 15) is 14.4 Å². The van der Waals surface area contributed by atoms with Crippen LogP contribution in [0.2, 0.25) is 0 Å². The highest BCUT2D eigenvalue weighted by Crippen LogP contribution is 2.44. The van der Waals surface area contributed by atoms with Gasteiger partial charge in [-0.2, -0.15) is 0 Å². The number of esters is 1. The predicted molar refractivity (Wildman–Crippen MR) is 126 cm³/mol. The molecule has 0 radical (unpaired) electrons. The molecule has 33 heavy (non-hydrogen) atoms. The molecule has 1 aliphatic carbocycles. The van der Waals surface area contributed by atoms with Gasteiger partial charge in [0.1, 0.15) is 19.3 Å². The standard InChI is InChI=1S/C24H26N2O6S/c1-3-12-31-23(28)25-15-33-14-21(22(27)30-2)26-24(29)32-13-20-18-10-6-4-8-16(18)17-9-5-7-11-19(17)20/h3-11,20-21H,1,12-15H2,2H3,(H,25,28)(H,26,29). The van der Waals surface area contributed by atoms with E-state index in [2.05, 4.69) is 29.3 Å². The van der Waals surface area contributed by atoms with Gasteiger partial charge in [-0.25, -0.2) is 14.4 Å². The van der Waals surface area contributed by atoms with Gasteiger partial charge >= 0.3 is 18.2 Å². The Morgan fingerprint density at radius 1 is 1.03 bits per heavy atom. The van der Waals surface area contributed by atoms with Crippen molar-refractivity contribution in [2.45, 2.75) is 12.0 Å². The highest BCUT2D eigenvalue weighted by atomic mass is 32.2. The number of hydrogen-bond donors (Lipinski definition) is 2. The molecule has 8 nitrogen and oxygen atoms in total. The molecule has 0 spiro atoms. The number of hydrogen-bond acceptors (Lipinski definition) is 7. The maximum absolute atomic E-state index is 12.5. The third kappa shape index (κ3) is 6.29. The zero-order valence-electron chi connectivity index (χ0n) is 18.2. The number of alkyl carbamates (subject to hydrolysis) is 2. The van der Waals surface area contributed by atoms with Gasteiger partial charge in [-0.05, 0) is 22.3 Å². The average Bonchev–Trinajstić information content (AvgIpc) is 3.16. The number of rotatable bonds is 10. The van der Waals surface area contributed by atoms with E-state index >= 15 is 0 Å². The molecule has 0 bridgehead atoms. The molecule has 0 heterocycles. The monoisotopic (exact) mass is 470 g/mol. The van der Waals surface area contributed by atoms with Gasteiger partial charge in [0.05, 0.1) is 13.0 Å². The van der Waals surface area contributed by atoms with Crippen molar-refractivity contribution in [3.8, 4) is 11.1 Å². The van der Waals surface area contributed by atoms with Crippen molar-refractivity contribution in [1.29, 1.82) is 0 Å². The third-order valence-electron chi connectivity index (χ3n) is 5.06. The Balaban J connectivity index is 1.53. The fraction of sp³-hybridized carbons (Fsp3) is 0.292. The Bertz CT molecular complexity index is 966. The van der Waals surface area contributed by atoms with Crippen LogP contribution in [0.15, 0.2) is 61.2 Å². The summed E-state index contributed by atoms with van der Waals surface area (Å²) in [5.74, 6) is -0.320. The molecule has 2 aromatic carbocycles. The minimum absolute atomic E-state index is 0.0834. The molecule has 2 aromatic rings. The van der Waals surface area contributed by atoms with Gasteiger partial charge in [0, 0.05) is 11.7 Å². The molecule has 0 aliphatic heterocycles. The molecule has 2 N–H and O–H groups in total. The predicted octanol–water partition coefficient (Wildman–Crippen LogP) is 3.67. The van der Waals surface area contributed by atoms with E-state index in [0.717, 1.165) is 22.3 Å². The van der Waals surface area contributed by atoms with Crippen LogP contribution in [0.1, 0.15) is 17.0 Å². The number of carbonyl (C=O) groups is 3. The Kier molecular flexibility index (Phi) is 8.77. The van der Waals surface area contributed by atoms with Crippen molar-refractivity contribution in [3.63, 3.8) is 0 Å². The van der Waals surface area contributed by atoms with E-state index < -0.39 is 24.2 Å². The number of carbonyl (C=O) groups excluding carboxylic acids is 3. The van der Waals surface area contributed by atoms with Gasteiger partial charge < -0.3 is 24.8 Å². The summed E-state index contributed by atoms with van der Waals surface area (Å²) < 4.78 is 15.1. The molecular weight excluding hydrogens is 444 g/mol. The van der Waals surface area contributed by atoms with Crippen LogP contribution in [-0.4, -0.2) is 56.2 Å². The van der Waals surface area contributed by atoms with Crippen LogP contribution in [0.25, 0.3) is 11.1 Å². The SMILES string of the molecule is C=CCOC(=O)NCSCC(NC(=O)OCC1c2ccccc2-c2ccccc21)C(=O)OC. The minimum atomic E-state index is -0.929. The highest BCUT2D eigenvalue weighted by Gasteiger charge is 2.30. The summed E-state index contributed by atoms with van der Waals surface area (Å²) in [6.45, 7) is 3.70. The quantitative estimate of drug-likeness (QED) is 0.180. The molecular formula is C24H26N2O6S. The minimum Gasteiger partial charge on any atom is -0.467 e. The summed E-state index contributed by atoms with van der Waals surface area (Å²) in [4.78, 5) is 36.0. The summed E-state index contributed by atoms with van der Waals surface area (Å²) in [5, 5.41) is 5.07. The number of nitrogens with one attached hydrogen (secondary N) is 2. The second-order valence-electron chi connectivity index (χ2n) is 7.12. The van der Waals surface area contributed by atoms with Crippen LogP contribution in [0, 0.1) is 0 Å². The van der Waals surface area contributed by atoms with Gasteiger partial charge in [0.15, 0.2) is 0 Å². The van der Waals surface area contributed by atoms with E-state index in [1.54, 1.807) is 0 Å². The number of benzene rings is 2. The maximum Gasteiger partial charge on any atom is 0.408 e. The lowest BCUT2D eigenvalue weighted by Gasteiger charge is -2.18. The van der Waals surface area contributed by atoms with Crippen molar-refractivity contribution in [1.82, 2.24) is 10.6 Å². The summed E-state index contributed by atoms with van der Waals surface area (Å²) >= 11 is 1.22. The summed E-state index contributed by atoms with van der Waals surface area (Å²) in [6, 6.07) is 15.1. The van der Waals surface area contributed by atoms with E-state index in [1.165, 1.54) is 24.9 Å². The zero-order valence-corrected chi connectivity index (χ0v) is 19.1. The third-order valence-corrected chi connectivity index (χ3v) is 5.97. The number of methoxy groups -OCH3 is 1. The normalized spacial score (nSPS) is 12.6. The topological polar surface area (TPSA) is 103 Å². The molecule has 0 fully saturated rings. The van der Waals surface area contributed by atoms with Gasteiger partial charge in [-0.3, -0.25) is 0 Å². The lowest BCUT2D eigenvalue weighted by molar-refractivity contribution is -0.142. The number of thioether (sulfide) groups is 1. The Hall–Kier alpha value is -3.46. The van der Waals surface area contributed by atoms with Crippen molar-refractivity contribution in [2.24, 2.45) is 0 Å². The van der Waals surface area contributed by atoms with Crippen molar-refractivity contribution in [2.75, 3.05) is 32.0 Å². The summed E-state index contributed by atoms with van der Waals surface area (Å²) in [7, 11) is 1.24. The Morgan fingerprint density at radius 2 is 1.67 bits per heavy atom. The second-order valence-corrected chi connectivity index (χ2v) is 8.15. The number of ether oxygens (including phenoxy) is 3. The largest absolute Gasteiger partial charge is 0.467 e. The molecule has 1 aliphatic rings. The zero-order chi connectivity index (χ0) is 23.6. The molecule has 3 rings (SSSR count). The Labute approximate surface area is 196 Å². The molecule has 0 aromatic heterocycles. The molecule has 2 amide bonds. The second kappa shape index (κ2) is 12.0. The average molecular weight is 471 g/mol. The molecule has 1 atom stereocenters. The van der Waals surface area contributed by atoms with Crippen LogP contribution >= 0.6 is 11.8 Å². The fourth-order valence-electron chi connectivity index (χ4n) is 3.57. The first-order chi connectivity index (χ1) is 16.0. The lowest BCUT2D eigenvalue weighted by Crippen LogP contribution is -2.44. The summed E-state index contributed by atoms with van der Waals surface area (Å²) in [6.07, 6.45) is 0.144. The van der Waals surface area contributed by atoms with Crippen molar-refractivity contribution >= 4 is 29.9 Å². The molecule has 9 heteroatoms. The van der Waals surface area contributed by atoms with E-state index in [4.69, 9.17) is 14.2 Å². The maximum atomic E-state index is 12.5. The first-order valence-electron chi connectivity index (χ1n) is 10.3. The van der Waals surface area contributed by atoms with Crippen LogP contribution in [0.5, 0.6) is 0 Å². The van der Waals surface area contributed by atoms with Crippen LogP contribution in [0.4, 0.5) is 9.59 Å². The highest BCUT2D eigenvalue weighted by molar-refractivity contribution is 7.99. The van der Waals surface area contributed by atoms with Gasteiger partial charge in [-0.15, -0.1) is 11.8 Å².